The Kier molecular flexibility index (Phi) is 6.76. The summed E-state index contributed by atoms with van der Waals surface area (Å²) in [7, 11) is -3.13. The standard InChI is InChI=1S/C8H19N2O4P/c1-4-13-15(12,14-5-2)6-10-7(3)8(9)11/h7,10H,4-6H2,1-3H3,(H2,9,11)/t7-/m0/s1. The van der Waals surface area contributed by atoms with Crippen molar-refractivity contribution in [2.24, 2.45) is 5.73 Å². The zero-order valence-corrected chi connectivity index (χ0v) is 10.3. The molecular formula is C8H19N2O4P. The normalized spacial score (nSPS) is 13.8. The number of nitrogens with two attached hydrogens (primary N) is 1. The molecule has 0 aliphatic carbocycles. The highest BCUT2D eigenvalue weighted by atomic mass is 31.2. The number of nitrogens with one attached hydrogen (secondary N) is 1. The van der Waals surface area contributed by atoms with Crippen LogP contribution in [0.1, 0.15) is 20.8 Å². The van der Waals surface area contributed by atoms with Crippen LogP contribution in [0.2, 0.25) is 0 Å². The van der Waals surface area contributed by atoms with Gasteiger partial charge >= 0.3 is 7.60 Å². The highest BCUT2D eigenvalue weighted by molar-refractivity contribution is 7.53. The maximum Gasteiger partial charge on any atom is 0.344 e. The van der Waals surface area contributed by atoms with E-state index in [-0.39, 0.29) is 6.29 Å². The average Bonchev–Trinajstić information content (AvgIpc) is 2.15. The van der Waals surface area contributed by atoms with Gasteiger partial charge in [-0.15, -0.1) is 0 Å². The summed E-state index contributed by atoms with van der Waals surface area (Å²) < 4.78 is 21.9. The van der Waals surface area contributed by atoms with E-state index in [4.69, 9.17) is 14.8 Å². The van der Waals surface area contributed by atoms with Gasteiger partial charge in [0.2, 0.25) is 5.91 Å². The lowest BCUT2D eigenvalue weighted by atomic mass is 10.3. The van der Waals surface area contributed by atoms with E-state index in [0.29, 0.717) is 13.2 Å². The van der Waals surface area contributed by atoms with Crippen LogP contribution in [0.4, 0.5) is 0 Å². The largest absolute Gasteiger partial charge is 0.368 e. The first-order valence-corrected chi connectivity index (χ1v) is 6.58. The van der Waals surface area contributed by atoms with Gasteiger partial charge in [0.25, 0.3) is 0 Å². The number of carbonyl (C=O) groups is 1. The number of amides is 1. The van der Waals surface area contributed by atoms with Crippen molar-refractivity contribution in [1.82, 2.24) is 5.32 Å². The van der Waals surface area contributed by atoms with Crippen LogP contribution in [-0.2, 0) is 18.4 Å². The molecule has 0 saturated carbocycles. The first-order valence-electron chi connectivity index (χ1n) is 4.86. The van der Waals surface area contributed by atoms with E-state index in [2.05, 4.69) is 5.32 Å². The predicted octanol–water partition coefficient (Wildman–Crippen LogP) is 0.673. The Morgan fingerprint density at radius 2 is 1.87 bits per heavy atom. The molecule has 15 heavy (non-hydrogen) atoms. The summed E-state index contributed by atoms with van der Waals surface area (Å²) in [6.07, 6.45) is -0.0151. The SMILES string of the molecule is CCOP(=O)(CN[C@@H](C)C(N)=O)OCC. The highest BCUT2D eigenvalue weighted by Crippen LogP contribution is 2.46. The van der Waals surface area contributed by atoms with Crippen LogP contribution in [-0.4, -0.2) is 31.4 Å². The Balaban J connectivity index is 4.18. The Hall–Kier alpha value is -0.420. The molecule has 0 spiro atoms. The Bertz CT molecular complexity index is 237. The average molecular weight is 238 g/mol. The summed E-state index contributed by atoms with van der Waals surface area (Å²) >= 11 is 0. The maximum atomic E-state index is 11.9. The molecule has 1 atom stereocenters. The summed E-state index contributed by atoms with van der Waals surface area (Å²) in [4.78, 5) is 10.7. The molecule has 0 aromatic heterocycles. The van der Waals surface area contributed by atoms with Gasteiger partial charge in [-0.05, 0) is 20.8 Å². The van der Waals surface area contributed by atoms with E-state index in [1.807, 2.05) is 0 Å². The van der Waals surface area contributed by atoms with Crippen molar-refractivity contribution in [3.63, 3.8) is 0 Å². The van der Waals surface area contributed by atoms with Crippen molar-refractivity contribution in [2.45, 2.75) is 26.8 Å². The third kappa shape index (κ3) is 5.89. The second-order valence-corrected chi connectivity index (χ2v) is 4.99. The van der Waals surface area contributed by atoms with Gasteiger partial charge < -0.3 is 14.8 Å². The fourth-order valence-corrected chi connectivity index (χ4v) is 2.41. The van der Waals surface area contributed by atoms with E-state index in [1.54, 1.807) is 20.8 Å². The van der Waals surface area contributed by atoms with Gasteiger partial charge in [0.05, 0.1) is 25.5 Å². The highest BCUT2D eigenvalue weighted by Gasteiger charge is 2.24. The van der Waals surface area contributed by atoms with E-state index in [1.165, 1.54) is 0 Å². The van der Waals surface area contributed by atoms with Crippen molar-refractivity contribution in [2.75, 3.05) is 19.5 Å². The number of hydrogen-bond acceptors (Lipinski definition) is 5. The lowest BCUT2D eigenvalue weighted by Crippen LogP contribution is -2.39. The van der Waals surface area contributed by atoms with Crippen molar-refractivity contribution in [3.05, 3.63) is 0 Å². The summed E-state index contributed by atoms with van der Waals surface area (Å²) in [6.45, 7) is 5.63. The van der Waals surface area contributed by atoms with Crippen molar-refractivity contribution in [1.29, 1.82) is 0 Å². The van der Waals surface area contributed by atoms with Crippen LogP contribution in [0.3, 0.4) is 0 Å². The second kappa shape index (κ2) is 6.95. The quantitative estimate of drug-likeness (QED) is 0.606. The van der Waals surface area contributed by atoms with Crippen molar-refractivity contribution < 1.29 is 18.4 Å². The number of rotatable bonds is 8. The molecule has 0 rings (SSSR count). The van der Waals surface area contributed by atoms with Crippen LogP contribution < -0.4 is 11.1 Å². The molecule has 0 saturated heterocycles. The zero-order chi connectivity index (χ0) is 11.9. The van der Waals surface area contributed by atoms with Crippen LogP contribution in [0, 0.1) is 0 Å². The molecule has 0 bridgehead atoms. The molecule has 0 aromatic rings. The smallest absolute Gasteiger partial charge is 0.344 e. The topological polar surface area (TPSA) is 90.6 Å². The fraction of sp³-hybridized carbons (Fsp3) is 0.875. The Morgan fingerprint density at radius 3 is 2.20 bits per heavy atom. The minimum absolute atomic E-state index is 0.0151. The van der Waals surface area contributed by atoms with Crippen LogP contribution in [0.15, 0.2) is 0 Å². The molecule has 0 heterocycles. The van der Waals surface area contributed by atoms with Gasteiger partial charge in [-0.2, -0.15) is 0 Å². The van der Waals surface area contributed by atoms with Crippen LogP contribution in [0.25, 0.3) is 0 Å². The van der Waals surface area contributed by atoms with Crippen molar-refractivity contribution >= 4 is 13.5 Å². The van der Waals surface area contributed by atoms with Gasteiger partial charge in [-0.25, -0.2) is 0 Å². The molecule has 7 heteroatoms. The fourth-order valence-electron chi connectivity index (χ4n) is 0.871. The molecule has 6 nitrogen and oxygen atoms in total. The predicted molar refractivity (Wildman–Crippen MR) is 57.5 cm³/mol. The maximum absolute atomic E-state index is 11.9. The lowest BCUT2D eigenvalue weighted by Gasteiger charge is -2.19. The summed E-state index contributed by atoms with van der Waals surface area (Å²) in [5.74, 6) is -0.505. The Morgan fingerprint density at radius 1 is 1.40 bits per heavy atom. The first kappa shape index (κ1) is 14.6. The van der Waals surface area contributed by atoms with E-state index in [0.717, 1.165) is 0 Å². The number of hydrogen-bond donors (Lipinski definition) is 2. The van der Waals surface area contributed by atoms with Gasteiger partial charge in [-0.3, -0.25) is 14.7 Å². The van der Waals surface area contributed by atoms with E-state index >= 15 is 0 Å². The minimum atomic E-state index is -3.13. The molecule has 0 aliphatic heterocycles. The molecule has 0 radical (unpaired) electrons. The van der Waals surface area contributed by atoms with E-state index in [9.17, 15) is 9.36 Å². The number of primary amides is 1. The molecule has 1 amide bonds. The van der Waals surface area contributed by atoms with Gasteiger partial charge in [0.1, 0.15) is 0 Å². The number of carbonyl (C=O) groups excluding carboxylic acids is 1. The van der Waals surface area contributed by atoms with Crippen LogP contribution >= 0.6 is 7.60 Å². The molecular weight excluding hydrogens is 219 g/mol. The van der Waals surface area contributed by atoms with Crippen molar-refractivity contribution in [3.8, 4) is 0 Å². The second-order valence-electron chi connectivity index (χ2n) is 2.93. The zero-order valence-electron chi connectivity index (χ0n) is 9.36. The van der Waals surface area contributed by atoms with E-state index < -0.39 is 19.5 Å². The lowest BCUT2D eigenvalue weighted by molar-refractivity contribution is -0.119. The summed E-state index contributed by atoms with van der Waals surface area (Å²) in [5.41, 5.74) is 5.04. The minimum Gasteiger partial charge on any atom is -0.368 e. The molecule has 0 aliphatic rings. The first-order chi connectivity index (χ1) is 6.95. The monoisotopic (exact) mass is 238 g/mol. The third-order valence-corrected chi connectivity index (χ3v) is 3.54. The molecule has 90 valence electrons. The Labute approximate surface area is 90.0 Å². The van der Waals surface area contributed by atoms with Gasteiger partial charge in [0.15, 0.2) is 0 Å². The third-order valence-electron chi connectivity index (χ3n) is 1.67. The van der Waals surface area contributed by atoms with Gasteiger partial charge in [0, 0.05) is 0 Å². The molecule has 3 N–H and O–H groups in total. The molecule has 0 fully saturated rings. The van der Waals surface area contributed by atoms with Crippen LogP contribution in [0.5, 0.6) is 0 Å². The summed E-state index contributed by atoms with van der Waals surface area (Å²) in [5, 5.41) is 2.70. The molecule has 0 unspecified atom stereocenters. The summed E-state index contributed by atoms with van der Waals surface area (Å²) in [6, 6.07) is -0.556. The molecule has 0 aromatic carbocycles. The van der Waals surface area contributed by atoms with Gasteiger partial charge in [-0.1, -0.05) is 0 Å².